The third-order valence-corrected chi connectivity index (χ3v) is 8.25. The van der Waals surface area contributed by atoms with Crippen LogP contribution in [0, 0.1) is 5.92 Å². The Bertz CT molecular complexity index is 859. The first-order valence-corrected chi connectivity index (χ1v) is 11.7. The highest BCUT2D eigenvalue weighted by molar-refractivity contribution is 7.91. The normalized spacial score (nSPS) is 28.7. The Balaban J connectivity index is 1.62. The Morgan fingerprint density at radius 2 is 2.14 bits per heavy atom. The Kier molecular flexibility index (Phi) is 5.30. The van der Waals surface area contributed by atoms with E-state index in [1.165, 1.54) is 6.42 Å². The van der Waals surface area contributed by atoms with Crippen molar-refractivity contribution in [1.82, 2.24) is 14.9 Å². The Hall–Kier alpha value is -1.74. The molecule has 0 aromatic carbocycles. The van der Waals surface area contributed by atoms with Gasteiger partial charge >= 0.3 is 0 Å². The zero-order chi connectivity index (χ0) is 19.9. The van der Waals surface area contributed by atoms with Crippen molar-refractivity contribution >= 4 is 21.7 Å². The standard InChI is InChI=1S/C19H28N4O4S/c1-13-4-3-6-22(9-13)19-20-8-14-12-28(25,26)16-11-23(17(24)5-7-27-2)10-15(16)18(14)21-19/h8,13,15-16H,3-7,9-12H2,1-2H3/t13?,15-,16+/m0/s1. The lowest BCUT2D eigenvalue weighted by molar-refractivity contribution is -0.131. The monoisotopic (exact) mass is 408 g/mol. The highest BCUT2D eigenvalue weighted by Gasteiger charge is 2.48. The minimum Gasteiger partial charge on any atom is -0.384 e. The van der Waals surface area contributed by atoms with E-state index in [0.29, 0.717) is 30.6 Å². The smallest absolute Gasteiger partial charge is 0.225 e. The van der Waals surface area contributed by atoms with Gasteiger partial charge in [0.05, 0.1) is 29.7 Å². The predicted molar refractivity (Wildman–Crippen MR) is 105 cm³/mol. The topological polar surface area (TPSA) is 92.7 Å². The first kappa shape index (κ1) is 19.6. The largest absolute Gasteiger partial charge is 0.384 e. The van der Waals surface area contributed by atoms with Gasteiger partial charge in [0.25, 0.3) is 0 Å². The van der Waals surface area contributed by atoms with Crippen LogP contribution >= 0.6 is 0 Å². The third kappa shape index (κ3) is 3.61. The van der Waals surface area contributed by atoms with Gasteiger partial charge in [0.2, 0.25) is 11.9 Å². The van der Waals surface area contributed by atoms with Crippen molar-refractivity contribution in [2.45, 2.75) is 43.1 Å². The molecule has 3 atom stereocenters. The Labute approximate surface area is 166 Å². The van der Waals surface area contributed by atoms with Gasteiger partial charge in [-0.05, 0) is 18.8 Å². The summed E-state index contributed by atoms with van der Waals surface area (Å²) in [6, 6.07) is 0. The molecule has 0 radical (unpaired) electrons. The number of piperidine rings is 1. The second-order valence-corrected chi connectivity index (χ2v) is 10.5. The number of anilines is 1. The summed E-state index contributed by atoms with van der Waals surface area (Å²) in [6.07, 6.45) is 4.27. The highest BCUT2D eigenvalue weighted by Crippen LogP contribution is 2.40. The molecule has 2 saturated heterocycles. The number of likely N-dealkylation sites (tertiary alicyclic amines) is 1. The van der Waals surface area contributed by atoms with E-state index in [4.69, 9.17) is 9.72 Å². The molecule has 1 unspecified atom stereocenters. The van der Waals surface area contributed by atoms with Crippen LogP contribution in [0.5, 0.6) is 0 Å². The lowest BCUT2D eigenvalue weighted by Gasteiger charge is -2.32. The summed E-state index contributed by atoms with van der Waals surface area (Å²) in [5, 5.41) is -0.575. The molecule has 1 aromatic rings. The first-order chi connectivity index (χ1) is 13.4. The average molecular weight is 409 g/mol. The first-order valence-electron chi connectivity index (χ1n) is 9.98. The molecule has 9 heteroatoms. The van der Waals surface area contributed by atoms with Gasteiger partial charge in [0.1, 0.15) is 0 Å². The molecule has 1 aromatic heterocycles. The van der Waals surface area contributed by atoms with Gasteiger partial charge in [-0.15, -0.1) is 0 Å². The number of carbonyl (C=O) groups is 1. The molecule has 1 amide bonds. The lowest BCUT2D eigenvalue weighted by atomic mass is 9.99. The van der Waals surface area contributed by atoms with Gasteiger partial charge in [-0.3, -0.25) is 4.79 Å². The van der Waals surface area contributed by atoms with E-state index in [1.807, 2.05) is 0 Å². The molecule has 0 spiro atoms. The van der Waals surface area contributed by atoms with Crippen molar-refractivity contribution in [1.29, 1.82) is 0 Å². The molecule has 0 saturated carbocycles. The number of amides is 1. The predicted octanol–water partition coefficient (Wildman–Crippen LogP) is 0.972. The number of hydrogen-bond donors (Lipinski definition) is 0. The molecule has 0 N–H and O–H groups in total. The van der Waals surface area contributed by atoms with Gasteiger partial charge in [-0.25, -0.2) is 18.4 Å². The van der Waals surface area contributed by atoms with Crippen LogP contribution in [-0.4, -0.2) is 74.3 Å². The molecule has 2 fully saturated rings. The molecular formula is C19H28N4O4S. The van der Waals surface area contributed by atoms with Crippen LogP contribution in [0.2, 0.25) is 0 Å². The number of rotatable bonds is 4. The van der Waals surface area contributed by atoms with E-state index in [2.05, 4.69) is 16.8 Å². The van der Waals surface area contributed by atoms with Gasteiger partial charge in [-0.2, -0.15) is 0 Å². The van der Waals surface area contributed by atoms with Crippen LogP contribution in [-0.2, 0) is 25.1 Å². The number of hydrogen-bond acceptors (Lipinski definition) is 7. The number of aromatic nitrogens is 2. The molecule has 4 rings (SSSR count). The van der Waals surface area contributed by atoms with E-state index in [1.54, 1.807) is 18.2 Å². The summed E-state index contributed by atoms with van der Waals surface area (Å²) >= 11 is 0. The molecular weight excluding hydrogens is 380 g/mol. The lowest BCUT2D eigenvalue weighted by Crippen LogP contribution is -2.38. The van der Waals surface area contributed by atoms with Crippen LogP contribution in [0.4, 0.5) is 5.95 Å². The van der Waals surface area contributed by atoms with Crippen LogP contribution in [0.15, 0.2) is 6.20 Å². The summed E-state index contributed by atoms with van der Waals surface area (Å²) < 4.78 is 30.6. The summed E-state index contributed by atoms with van der Waals surface area (Å²) in [6.45, 7) is 5.06. The summed E-state index contributed by atoms with van der Waals surface area (Å²) in [5.74, 6) is 0.908. The van der Waals surface area contributed by atoms with E-state index in [-0.39, 0.29) is 30.5 Å². The van der Waals surface area contributed by atoms with E-state index in [9.17, 15) is 13.2 Å². The molecule has 28 heavy (non-hydrogen) atoms. The summed E-state index contributed by atoms with van der Waals surface area (Å²) in [7, 11) is -1.77. The fourth-order valence-corrected chi connectivity index (χ4v) is 6.63. The van der Waals surface area contributed by atoms with Gasteiger partial charge < -0.3 is 14.5 Å². The van der Waals surface area contributed by atoms with Crippen molar-refractivity contribution in [3.05, 3.63) is 17.5 Å². The fraction of sp³-hybridized carbons (Fsp3) is 0.737. The number of fused-ring (bicyclic) bond motifs is 3. The molecule has 4 heterocycles. The molecule has 0 aliphatic carbocycles. The maximum Gasteiger partial charge on any atom is 0.225 e. The maximum atomic E-state index is 12.8. The number of nitrogens with zero attached hydrogens (tertiary/aromatic N) is 4. The van der Waals surface area contributed by atoms with E-state index < -0.39 is 15.1 Å². The van der Waals surface area contributed by atoms with Crippen LogP contribution in [0.25, 0.3) is 0 Å². The van der Waals surface area contributed by atoms with E-state index >= 15 is 0 Å². The quantitative estimate of drug-likeness (QED) is 0.733. The van der Waals surface area contributed by atoms with Crippen LogP contribution < -0.4 is 4.90 Å². The van der Waals surface area contributed by atoms with Crippen molar-refractivity contribution in [2.75, 3.05) is 44.8 Å². The molecule has 0 bridgehead atoms. The number of methoxy groups -OCH3 is 1. The number of sulfone groups is 1. The summed E-state index contributed by atoms with van der Waals surface area (Å²) in [5.41, 5.74) is 1.49. The fourth-order valence-electron chi connectivity index (χ4n) is 4.64. The van der Waals surface area contributed by atoms with Gasteiger partial charge in [0, 0.05) is 51.0 Å². The highest BCUT2D eigenvalue weighted by atomic mass is 32.2. The van der Waals surface area contributed by atoms with Crippen molar-refractivity contribution < 1.29 is 17.9 Å². The Morgan fingerprint density at radius 3 is 2.89 bits per heavy atom. The van der Waals surface area contributed by atoms with Crippen LogP contribution in [0.3, 0.4) is 0 Å². The minimum absolute atomic E-state index is 0.0414. The SMILES string of the molecule is COCCC(=O)N1C[C@@H]2c3nc(N4CCCC(C)C4)ncc3CS(=O)(=O)[C@@H]2C1. The Morgan fingerprint density at radius 1 is 1.32 bits per heavy atom. The number of ether oxygens (including phenoxy) is 1. The van der Waals surface area contributed by atoms with Crippen molar-refractivity contribution in [2.24, 2.45) is 5.92 Å². The van der Waals surface area contributed by atoms with Gasteiger partial charge in [0.15, 0.2) is 9.84 Å². The van der Waals surface area contributed by atoms with Crippen LogP contribution in [0.1, 0.15) is 43.4 Å². The summed E-state index contributed by atoms with van der Waals surface area (Å²) in [4.78, 5) is 25.6. The zero-order valence-electron chi connectivity index (χ0n) is 16.5. The van der Waals surface area contributed by atoms with E-state index in [0.717, 1.165) is 25.2 Å². The van der Waals surface area contributed by atoms with Crippen molar-refractivity contribution in [3.63, 3.8) is 0 Å². The second-order valence-electron chi connectivity index (χ2n) is 8.27. The number of carbonyl (C=O) groups excluding carboxylic acids is 1. The molecule has 3 aliphatic heterocycles. The third-order valence-electron chi connectivity index (χ3n) is 6.13. The molecule has 3 aliphatic rings. The second kappa shape index (κ2) is 7.59. The molecule has 8 nitrogen and oxygen atoms in total. The molecule has 154 valence electrons. The minimum atomic E-state index is -3.33. The maximum absolute atomic E-state index is 12.8. The zero-order valence-corrected chi connectivity index (χ0v) is 17.3. The van der Waals surface area contributed by atoms with Crippen molar-refractivity contribution in [3.8, 4) is 0 Å². The van der Waals surface area contributed by atoms with Gasteiger partial charge in [-0.1, -0.05) is 6.92 Å². The average Bonchev–Trinajstić information content (AvgIpc) is 3.13.